The van der Waals surface area contributed by atoms with Crippen LogP contribution in [0.5, 0.6) is 0 Å². The second-order valence-corrected chi connectivity index (χ2v) is 5.53. The maximum absolute atomic E-state index is 12.7. The predicted molar refractivity (Wildman–Crippen MR) is 79.2 cm³/mol. The predicted octanol–water partition coefficient (Wildman–Crippen LogP) is 5.28. The van der Waals surface area contributed by atoms with Crippen LogP contribution in [0, 0.1) is 6.07 Å². The van der Waals surface area contributed by atoms with E-state index in [1.54, 1.807) is 18.2 Å². The van der Waals surface area contributed by atoms with Gasteiger partial charge in [0.05, 0.1) is 21.6 Å². The monoisotopic (exact) mass is 343 g/mol. The molecule has 113 valence electrons. The molecule has 22 heavy (non-hydrogen) atoms. The van der Waals surface area contributed by atoms with Crippen LogP contribution in [-0.2, 0) is 12.6 Å². The summed E-state index contributed by atoms with van der Waals surface area (Å²) in [6, 6.07) is 8.80. The first-order valence-corrected chi connectivity index (χ1v) is 6.99. The van der Waals surface area contributed by atoms with Gasteiger partial charge in [0.2, 0.25) is 0 Å². The van der Waals surface area contributed by atoms with E-state index in [0.29, 0.717) is 38.8 Å². The molecule has 0 saturated carbocycles. The number of H-pyrrole nitrogens is 1. The number of aromatic amines is 1. The average Bonchev–Trinajstić information content (AvgIpc) is 2.83. The minimum Gasteiger partial charge on any atom is -0.357 e. The number of hydrogen-bond acceptors (Lipinski definition) is 1. The lowest BCUT2D eigenvalue weighted by Crippen LogP contribution is -2.04. The Hall–Kier alpha value is -1.72. The Kier molecular flexibility index (Phi) is 3.78. The number of nitrogens with one attached hydrogen (secondary N) is 1. The Bertz CT molecular complexity index is 820. The molecular formula is C15H8Cl2F3N2. The third-order valence-electron chi connectivity index (χ3n) is 3.21. The lowest BCUT2D eigenvalue weighted by atomic mass is 10.1. The van der Waals surface area contributed by atoms with E-state index < -0.39 is 11.7 Å². The highest BCUT2D eigenvalue weighted by Gasteiger charge is 2.31. The van der Waals surface area contributed by atoms with Gasteiger partial charge in [-0.3, -0.25) is 4.98 Å². The molecule has 3 aromatic rings. The molecule has 1 radical (unpaired) electrons. The van der Waals surface area contributed by atoms with Gasteiger partial charge >= 0.3 is 6.18 Å². The molecule has 0 amide bonds. The third kappa shape index (κ3) is 2.91. The Morgan fingerprint density at radius 1 is 1.23 bits per heavy atom. The number of benzene rings is 1. The van der Waals surface area contributed by atoms with Crippen LogP contribution in [0.2, 0.25) is 10.0 Å². The molecule has 0 bridgehead atoms. The lowest BCUT2D eigenvalue weighted by Gasteiger charge is -2.05. The van der Waals surface area contributed by atoms with Gasteiger partial charge in [0.25, 0.3) is 0 Å². The maximum Gasteiger partial charge on any atom is 0.417 e. The lowest BCUT2D eigenvalue weighted by molar-refractivity contribution is -0.137. The zero-order chi connectivity index (χ0) is 15.9. The fourth-order valence-electron chi connectivity index (χ4n) is 2.15. The molecule has 0 unspecified atom stereocenters. The second-order valence-electron chi connectivity index (χ2n) is 4.74. The van der Waals surface area contributed by atoms with Crippen LogP contribution in [0.4, 0.5) is 13.2 Å². The first-order chi connectivity index (χ1) is 10.3. The molecule has 0 spiro atoms. The Balaban J connectivity index is 1.99. The summed E-state index contributed by atoms with van der Waals surface area (Å²) in [5.41, 5.74) is 1.31. The number of aromatic nitrogens is 2. The largest absolute Gasteiger partial charge is 0.417 e. The van der Waals surface area contributed by atoms with Crippen LogP contribution >= 0.6 is 23.2 Å². The van der Waals surface area contributed by atoms with Crippen LogP contribution in [0.3, 0.4) is 0 Å². The average molecular weight is 344 g/mol. The zero-order valence-electron chi connectivity index (χ0n) is 10.9. The van der Waals surface area contributed by atoms with Crippen molar-refractivity contribution in [1.29, 1.82) is 0 Å². The zero-order valence-corrected chi connectivity index (χ0v) is 12.4. The molecule has 2 heterocycles. The Morgan fingerprint density at radius 2 is 2.00 bits per heavy atom. The van der Waals surface area contributed by atoms with Crippen molar-refractivity contribution >= 4 is 34.2 Å². The highest BCUT2D eigenvalue weighted by atomic mass is 35.5. The number of pyridine rings is 1. The second kappa shape index (κ2) is 5.48. The standard InChI is InChI=1S/C15H8Cl2F3N2/c16-11-2-1-3-12(17)10(11)5-9-6-13-14(22-9)4-8(7-21-13)15(18,19)20/h1-2,4,6-7,22H,5H2. The summed E-state index contributed by atoms with van der Waals surface area (Å²) >= 11 is 12.1. The van der Waals surface area contributed by atoms with Crippen molar-refractivity contribution in [3.63, 3.8) is 0 Å². The van der Waals surface area contributed by atoms with E-state index in [0.717, 1.165) is 12.3 Å². The Morgan fingerprint density at radius 3 is 2.68 bits per heavy atom. The number of halogens is 5. The van der Waals surface area contributed by atoms with Gasteiger partial charge in [-0.1, -0.05) is 29.3 Å². The number of alkyl halides is 3. The van der Waals surface area contributed by atoms with Crippen molar-refractivity contribution in [2.24, 2.45) is 0 Å². The molecule has 1 N–H and O–H groups in total. The van der Waals surface area contributed by atoms with Gasteiger partial charge in [-0.05, 0) is 23.8 Å². The molecule has 2 aromatic heterocycles. The highest BCUT2D eigenvalue weighted by Crippen LogP contribution is 2.31. The topological polar surface area (TPSA) is 28.7 Å². The molecule has 1 aromatic carbocycles. The van der Waals surface area contributed by atoms with Crippen LogP contribution in [0.1, 0.15) is 16.8 Å². The molecular weight excluding hydrogens is 336 g/mol. The highest BCUT2D eigenvalue weighted by molar-refractivity contribution is 6.35. The van der Waals surface area contributed by atoms with Crippen molar-refractivity contribution in [3.05, 3.63) is 63.4 Å². The van der Waals surface area contributed by atoms with E-state index in [1.807, 2.05) is 0 Å². The Labute approximate surface area is 133 Å². The van der Waals surface area contributed by atoms with Crippen LogP contribution in [-0.4, -0.2) is 9.97 Å². The number of fused-ring (bicyclic) bond motifs is 1. The van der Waals surface area contributed by atoms with Crippen LogP contribution in [0.15, 0.2) is 30.5 Å². The minimum atomic E-state index is -4.42. The quantitative estimate of drug-likeness (QED) is 0.673. The van der Waals surface area contributed by atoms with Gasteiger partial charge in [-0.2, -0.15) is 13.2 Å². The smallest absolute Gasteiger partial charge is 0.357 e. The molecule has 0 aliphatic carbocycles. The number of hydrogen-bond donors (Lipinski definition) is 1. The summed E-state index contributed by atoms with van der Waals surface area (Å²) in [6.07, 6.45) is -3.25. The molecule has 0 aliphatic rings. The first kappa shape index (κ1) is 15.2. The summed E-state index contributed by atoms with van der Waals surface area (Å²) in [5.74, 6) is 0. The van der Waals surface area contributed by atoms with Gasteiger partial charge < -0.3 is 4.98 Å². The summed E-state index contributed by atoms with van der Waals surface area (Å²) < 4.78 is 38.0. The summed E-state index contributed by atoms with van der Waals surface area (Å²) in [5, 5.41) is 0.862. The molecule has 3 rings (SSSR count). The van der Waals surface area contributed by atoms with Gasteiger partial charge in [-0.15, -0.1) is 0 Å². The van der Waals surface area contributed by atoms with E-state index >= 15 is 0 Å². The van der Waals surface area contributed by atoms with Gasteiger partial charge in [0, 0.05) is 29.4 Å². The van der Waals surface area contributed by atoms with Crippen LogP contribution in [0.25, 0.3) is 11.0 Å². The maximum atomic E-state index is 12.7. The first-order valence-electron chi connectivity index (χ1n) is 6.24. The van der Waals surface area contributed by atoms with E-state index in [2.05, 4.69) is 16.0 Å². The fraction of sp³-hybridized carbons (Fsp3) is 0.133. The van der Waals surface area contributed by atoms with Crippen molar-refractivity contribution in [2.45, 2.75) is 12.6 Å². The normalized spacial score (nSPS) is 12.0. The van der Waals surface area contributed by atoms with Crippen molar-refractivity contribution in [1.82, 2.24) is 9.97 Å². The van der Waals surface area contributed by atoms with Gasteiger partial charge in [0.1, 0.15) is 0 Å². The van der Waals surface area contributed by atoms with Gasteiger partial charge in [0.15, 0.2) is 0 Å². The molecule has 0 saturated heterocycles. The van der Waals surface area contributed by atoms with Crippen molar-refractivity contribution < 1.29 is 13.2 Å². The summed E-state index contributed by atoms with van der Waals surface area (Å²) in [7, 11) is 0. The van der Waals surface area contributed by atoms with Gasteiger partial charge in [-0.25, -0.2) is 0 Å². The van der Waals surface area contributed by atoms with E-state index in [1.165, 1.54) is 0 Å². The van der Waals surface area contributed by atoms with Crippen molar-refractivity contribution in [3.8, 4) is 0 Å². The summed E-state index contributed by atoms with van der Waals surface area (Å²) in [4.78, 5) is 6.75. The minimum absolute atomic E-state index is 0.317. The van der Waals surface area contributed by atoms with E-state index in [4.69, 9.17) is 23.2 Å². The number of nitrogens with zero attached hydrogens (tertiary/aromatic N) is 1. The SMILES string of the molecule is FC(F)(F)c1cnc2cc(Cc3c(Cl)[c]ccc3Cl)[nH]c2c1. The molecule has 0 atom stereocenters. The third-order valence-corrected chi connectivity index (χ3v) is 3.90. The van der Waals surface area contributed by atoms with Crippen LogP contribution < -0.4 is 0 Å². The molecule has 0 fully saturated rings. The van der Waals surface area contributed by atoms with E-state index in [-0.39, 0.29) is 0 Å². The van der Waals surface area contributed by atoms with E-state index in [9.17, 15) is 13.2 Å². The molecule has 0 aliphatic heterocycles. The molecule has 7 heteroatoms. The fourth-order valence-corrected chi connectivity index (χ4v) is 2.65. The molecule has 2 nitrogen and oxygen atoms in total. The number of rotatable bonds is 2. The summed E-state index contributed by atoms with van der Waals surface area (Å²) in [6.45, 7) is 0. The van der Waals surface area contributed by atoms with Crippen molar-refractivity contribution in [2.75, 3.05) is 0 Å².